The minimum atomic E-state index is -0.825. The number of nitrogen functional groups attached to an aromatic ring is 2. The summed E-state index contributed by atoms with van der Waals surface area (Å²) in [5, 5.41) is 0. The molecule has 0 aliphatic rings. The third-order valence-electron chi connectivity index (χ3n) is 5.81. The van der Waals surface area contributed by atoms with Gasteiger partial charge in [0.25, 0.3) is 0 Å². The molecule has 6 nitrogen and oxygen atoms in total. The van der Waals surface area contributed by atoms with Gasteiger partial charge in [-0.25, -0.2) is 0 Å². The van der Waals surface area contributed by atoms with Crippen LogP contribution in [-0.2, 0) is 15.0 Å². The molecule has 4 N–H and O–H groups in total. The zero-order chi connectivity index (χ0) is 25.0. The summed E-state index contributed by atoms with van der Waals surface area (Å²) >= 11 is 0. The highest BCUT2D eigenvalue weighted by atomic mass is 16.5. The predicted octanol–water partition coefficient (Wildman–Crippen LogP) is 5.08. The Morgan fingerprint density at radius 1 is 0.571 bits per heavy atom. The fourth-order valence-corrected chi connectivity index (χ4v) is 4.44. The summed E-state index contributed by atoms with van der Waals surface area (Å²) in [6.45, 7) is 2.66. The van der Waals surface area contributed by atoms with Gasteiger partial charge in [0.15, 0.2) is 11.5 Å². The van der Waals surface area contributed by atoms with Crippen molar-refractivity contribution < 1.29 is 19.1 Å². The van der Waals surface area contributed by atoms with Gasteiger partial charge in [-0.05, 0) is 46.5 Å². The van der Waals surface area contributed by atoms with Gasteiger partial charge < -0.3 is 20.9 Å². The van der Waals surface area contributed by atoms with Crippen LogP contribution in [0.15, 0.2) is 97.1 Å². The fraction of sp³-hybridized carbons (Fsp3) is 0.103. The van der Waals surface area contributed by atoms with E-state index in [0.29, 0.717) is 22.9 Å². The van der Waals surface area contributed by atoms with Crippen LogP contribution in [0.4, 0.5) is 11.4 Å². The number of hydrogen-bond acceptors (Lipinski definition) is 6. The Hall–Kier alpha value is -4.58. The molecular weight excluding hydrogens is 440 g/mol. The standard InChI is InChI=1S/C29H26N2O4/c1-19(32)34-27-15-13-23(17-25(27)30)29(21-9-5-3-6-10-21,22-11-7-4-8-12-22)24-14-16-28(26(31)18-24)35-20(2)33/h3-18H,30-31H2,1-2H3. The lowest BCUT2D eigenvalue weighted by atomic mass is 9.65. The maximum atomic E-state index is 11.5. The van der Waals surface area contributed by atoms with E-state index < -0.39 is 17.4 Å². The molecule has 0 aliphatic carbocycles. The lowest BCUT2D eigenvalue weighted by Crippen LogP contribution is -2.31. The zero-order valence-electron chi connectivity index (χ0n) is 19.5. The highest BCUT2D eigenvalue weighted by Crippen LogP contribution is 2.47. The number of esters is 2. The van der Waals surface area contributed by atoms with Crippen LogP contribution in [-0.4, -0.2) is 11.9 Å². The van der Waals surface area contributed by atoms with Gasteiger partial charge in [-0.1, -0.05) is 72.8 Å². The number of anilines is 2. The summed E-state index contributed by atoms with van der Waals surface area (Å²) in [6, 6.07) is 30.8. The molecule has 0 amide bonds. The lowest BCUT2D eigenvalue weighted by molar-refractivity contribution is -0.132. The Kier molecular flexibility index (Phi) is 6.55. The fourth-order valence-electron chi connectivity index (χ4n) is 4.44. The number of hydrogen-bond donors (Lipinski definition) is 2. The predicted molar refractivity (Wildman–Crippen MR) is 136 cm³/mol. The normalized spacial score (nSPS) is 11.0. The smallest absolute Gasteiger partial charge is 0.308 e. The van der Waals surface area contributed by atoms with Gasteiger partial charge >= 0.3 is 11.9 Å². The SMILES string of the molecule is CC(=O)Oc1ccc(C(c2ccccc2)(c2ccccc2)c2ccc(OC(C)=O)c(N)c2)cc1N. The first kappa shape index (κ1) is 23.6. The van der Waals surface area contributed by atoms with Crippen molar-refractivity contribution in [3.05, 3.63) is 119 Å². The van der Waals surface area contributed by atoms with Crippen LogP contribution in [0.2, 0.25) is 0 Å². The number of nitrogens with two attached hydrogens (primary N) is 2. The summed E-state index contributed by atoms with van der Waals surface area (Å²) in [7, 11) is 0. The Bertz CT molecular complexity index is 1260. The first-order chi connectivity index (χ1) is 16.8. The second-order valence-electron chi connectivity index (χ2n) is 8.17. The van der Waals surface area contributed by atoms with Gasteiger partial charge in [0, 0.05) is 13.8 Å². The maximum absolute atomic E-state index is 11.5. The summed E-state index contributed by atoms with van der Waals surface area (Å²) in [6.07, 6.45) is 0. The van der Waals surface area contributed by atoms with E-state index in [2.05, 4.69) is 0 Å². The lowest BCUT2D eigenvalue weighted by Gasteiger charge is -2.37. The third-order valence-corrected chi connectivity index (χ3v) is 5.81. The monoisotopic (exact) mass is 466 g/mol. The molecule has 4 aromatic rings. The van der Waals surface area contributed by atoms with Gasteiger partial charge in [-0.3, -0.25) is 9.59 Å². The van der Waals surface area contributed by atoms with Crippen molar-refractivity contribution in [3.63, 3.8) is 0 Å². The molecule has 0 fully saturated rings. The average Bonchev–Trinajstić information content (AvgIpc) is 2.84. The third kappa shape index (κ3) is 4.59. The van der Waals surface area contributed by atoms with E-state index in [9.17, 15) is 9.59 Å². The molecule has 0 heterocycles. The molecule has 0 saturated heterocycles. The van der Waals surface area contributed by atoms with Crippen LogP contribution in [0.1, 0.15) is 36.1 Å². The Morgan fingerprint density at radius 2 is 0.943 bits per heavy atom. The van der Waals surface area contributed by atoms with Gasteiger partial charge in [-0.15, -0.1) is 0 Å². The van der Waals surface area contributed by atoms with Crippen molar-refractivity contribution in [2.24, 2.45) is 0 Å². The molecule has 4 rings (SSSR count). The van der Waals surface area contributed by atoms with Crippen LogP contribution in [0.25, 0.3) is 0 Å². The molecule has 4 aromatic carbocycles. The minimum Gasteiger partial charge on any atom is -0.425 e. The average molecular weight is 467 g/mol. The van der Waals surface area contributed by atoms with Gasteiger partial charge in [0.2, 0.25) is 0 Å². The summed E-state index contributed by atoms with van der Waals surface area (Å²) < 4.78 is 10.5. The summed E-state index contributed by atoms with van der Waals surface area (Å²) in [5.41, 5.74) is 16.2. The molecule has 0 aliphatic heterocycles. The highest BCUT2D eigenvalue weighted by molar-refractivity contribution is 5.75. The molecule has 6 heteroatoms. The topological polar surface area (TPSA) is 105 Å². The molecule has 0 radical (unpaired) electrons. The molecule has 35 heavy (non-hydrogen) atoms. The first-order valence-electron chi connectivity index (χ1n) is 11.1. The van der Waals surface area contributed by atoms with Gasteiger partial charge in [-0.2, -0.15) is 0 Å². The minimum absolute atomic E-state index is 0.293. The van der Waals surface area contributed by atoms with Crippen molar-refractivity contribution in [1.29, 1.82) is 0 Å². The second kappa shape index (κ2) is 9.73. The quantitative estimate of drug-likeness (QED) is 0.178. The largest absolute Gasteiger partial charge is 0.425 e. The van der Waals surface area contributed by atoms with Crippen LogP contribution in [0.5, 0.6) is 11.5 Å². The Labute approximate surface area is 204 Å². The molecule has 0 spiro atoms. The second-order valence-corrected chi connectivity index (χ2v) is 8.17. The molecule has 0 bridgehead atoms. The Morgan fingerprint density at radius 3 is 1.26 bits per heavy atom. The number of rotatable bonds is 6. The van der Waals surface area contributed by atoms with E-state index in [-0.39, 0.29) is 0 Å². The molecule has 0 unspecified atom stereocenters. The van der Waals surface area contributed by atoms with E-state index in [1.54, 1.807) is 12.1 Å². The first-order valence-corrected chi connectivity index (χ1v) is 11.1. The molecule has 0 aromatic heterocycles. The van der Waals surface area contributed by atoms with E-state index in [1.165, 1.54) is 13.8 Å². The van der Waals surface area contributed by atoms with Crippen LogP contribution in [0, 0.1) is 0 Å². The highest BCUT2D eigenvalue weighted by Gasteiger charge is 2.39. The van der Waals surface area contributed by atoms with Crippen molar-refractivity contribution in [2.75, 3.05) is 11.5 Å². The van der Waals surface area contributed by atoms with Crippen molar-refractivity contribution in [1.82, 2.24) is 0 Å². The zero-order valence-corrected chi connectivity index (χ0v) is 19.5. The number of ether oxygens (including phenoxy) is 2. The molecule has 0 atom stereocenters. The van der Waals surface area contributed by atoms with E-state index in [1.807, 2.05) is 84.9 Å². The van der Waals surface area contributed by atoms with E-state index in [0.717, 1.165) is 22.3 Å². The molecule has 176 valence electrons. The number of benzene rings is 4. The Balaban J connectivity index is 2.05. The van der Waals surface area contributed by atoms with E-state index in [4.69, 9.17) is 20.9 Å². The maximum Gasteiger partial charge on any atom is 0.308 e. The summed E-state index contributed by atoms with van der Waals surface area (Å²) in [5.74, 6) is -0.312. The van der Waals surface area contributed by atoms with Crippen molar-refractivity contribution >= 4 is 23.3 Å². The number of carbonyl (C=O) groups is 2. The van der Waals surface area contributed by atoms with Gasteiger partial charge in [0.1, 0.15) is 0 Å². The van der Waals surface area contributed by atoms with Crippen LogP contribution in [0.3, 0.4) is 0 Å². The van der Waals surface area contributed by atoms with Crippen molar-refractivity contribution in [2.45, 2.75) is 19.3 Å². The number of carbonyl (C=O) groups excluding carboxylic acids is 2. The van der Waals surface area contributed by atoms with E-state index >= 15 is 0 Å². The summed E-state index contributed by atoms with van der Waals surface area (Å²) in [4.78, 5) is 23.1. The van der Waals surface area contributed by atoms with Gasteiger partial charge in [0.05, 0.1) is 16.8 Å². The molecule has 0 saturated carbocycles. The van der Waals surface area contributed by atoms with Crippen LogP contribution < -0.4 is 20.9 Å². The van der Waals surface area contributed by atoms with Crippen LogP contribution >= 0.6 is 0 Å². The molecular formula is C29H26N2O4. The van der Waals surface area contributed by atoms with Crippen molar-refractivity contribution in [3.8, 4) is 11.5 Å².